The first-order valence-electron chi connectivity index (χ1n) is 20.4. The molecule has 0 unspecified atom stereocenters. The molecule has 0 fully saturated rings. The molecule has 0 aliphatic rings. The van der Waals surface area contributed by atoms with Crippen LogP contribution in [0, 0.1) is 0 Å². The summed E-state index contributed by atoms with van der Waals surface area (Å²) in [6, 6.07) is 69.7. The van der Waals surface area contributed by atoms with Crippen LogP contribution in [-0.4, -0.2) is 24.1 Å². The van der Waals surface area contributed by atoms with Crippen molar-refractivity contribution in [3.8, 4) is 34.0 Å². The maximum atomic E-state index is 5.43. The van der Waals surface area contributed by atoms with Gasteiger partial charge in [0.05, 0.1) is 27.6 Å². The predicted octanol–water partition coefficient (Wildman–Crippen LogP) is 14.0. The minimum atomic E-state index is 0.614. The van der Waals surface area contributed by atoms with Gasteiger partial charge in [-0.1, -0.05) is 140 Å². The average molecular weight is 764 g/mol. The molecule has 0 bridgehead atoms. The first-order valence-corrected chi connectivity index (χ1v) is 20.4. The summed E-state index contributed by atoms with van der Waals surface area (Å²) >= 11 is 0. The second kappa shape index (κ2) is 12.7. The maximum absolute atomic E-state index is 5.43. The number of hydrogen-bond donors (Lipinski definition) is 0. The Kier molecular flexibility index (Phi) is 6.95. The van der Waals surface area contributed by atoms with E-state index < -0.39 is 0 Å². The van der Waals surface area contributed by atoms with Gasteiger partial charge in [-0.15, -0.1) is 0 Å². The summed E-state index contributed by atoms with van der Waals surface area (Å²) in [5.41, 5.74) is 11.5. The number of fused-ring (bicyclic) bond motifs is 12. The third kappa shape index (κ3) is 4.71. The highest BCUT2D eigenvalue weighted by molar-refractivity contribution is 6.26. The zero-order chi connectivity index (χ0) is 39.3. The summed E-state index contributed by atoms with van der Waals surface area (Å²) in [5.74, 6) is 0.614. The second-order valence-corrected chi connectivity index (χ2v) is 15.6. The van der Waals surface area contributed by atoms with Crippen LogP contribution in [0.25, 0.3) is 121 Å². The zero-order valence-corrected chi connectivity index (χ0v) is 32.3. The van der Waals surface area contributed by atoms with E-state index in [4.69, 9.17) is 15.0 Å². The van der Waals surface area contributed by atoms with E-state index in [1.54, 1.807) is 0 Å². The number of hydrogen-bond acceptors (Lipinski definition) is 3. The Morgan fingerprint density at radius 3 is 1.60 bits per heavy atom. The first kappa shape index (κ1) is 32.9. The fourth-order valence-electron chi connectivity index (χ4n) is 9.74. The molecule has 0 aliphatic heterocycles. The normalized spacial score (nSPS) is 12.0. The smallest absolute Gasteiger partial charge is 0.235 e. The van der Waals surface area contributed by atoms with Gasteiger partial charge in [0.25, 0.3) is 0 Å². The largest absolute Gasteiger partial charge is 0.309 e. The molecule has 4 heterocycles. The Morgan fingerprint density at radius 1 is 0.367 bits per heavy atom. The van der Waals surface area contributed by atoms with Crippen molar-refractivity contribution in [3.05, 3.63) is 200 Å². The van der Waals surface area contributed by atoms with Crippen LogP contribution in [0.2, 0.25) is 0 Å². The van der Waals surface area contributed by atoms with Gasteiger partial charge in [-0.25, -0.2) is 9.97 Å². The van der Waals surface area contributed by atoms with Gasteiger partial charge in [0, 0.05) is 49.8 Å². The van der Waals surface area contributed by atoms with Gasteiger partial charge in [0.15, 0.2) is 0 Å². The van der Waals surface area contributed by atoms with Crippen LogP contribution in [0.4, 0.5) is 0 Å². The summed E-state index contributed by atoms with van der Waals surface area (Å²) < 4.78 is 4.69. The fraction of sp³-hybridized carbons (Fsp3) is 0. The van der Waals surface area contributed by atoms with Gasteiger partial charge in [-0.2, -0.15) is 0 Å². The van der Waals surface area contributed by atoms with E-state index >= 15 is 0 Å². The molecule has 5 nitrogen and oxygen atoms in total. The van der Waals surface area contributed by atoms with E-state index in [9.17, 15) is 0 Å². The third-order valence-electron chi connectivity index (χ3n) is 12.3. The molecule has 0 N–H and O–H groups in total. The van der Waals surface area contributed by atoms with Crippen molar-refractivity contribution in [2.75, 3.05) is 0 Å². The predicted molar refractivity (Wildman–Crippen MR) is 249 cm³/mol. The van der Waals surface area contributed by atoms with Crippen LogP contribution in [0.3, 0.4) is 0 Å². The van der Waals surface area contributed by atoms with E-state index in [2.05, 4.69) is 191 Å². The highest BCUT2D eigenvalue weighted by Gasteiger charge is 2.23. The molecule has 278 valence electrons. The Hall–Kier alpha value is -8.15. The first-order chi connectivity index (χ1) is 29.8. The molecule has 0 saturated carbocycles. The molecule has 5 heteroatoms. The van der Waals surface area contributed by atoms with Crippen molar-refractivity contribution in [3.63, 3.8) is 0 Å². The van der Waals surface area contributed by atoms with Crippen molar-refractivity contribution in [2.24, 2.45) is 0 Å². The van der Waals surface area contributed by atoms with Gasteiger partial charge in [0.1, 0.15) is 11.2 Å². The summed E-state index contributed by atoms with van der Waals surface area (Å²) in [4.78, 5) is 15.5. The van der Waals surface area contributed by atoms with E-state index in [1.165, 1.54) is 54.5 Å². The SMILES string of the molecule is c1ccc(-n2c3ccccc3c3cc(-c4cc5c6ccccc6n(-c6nc(-c7ccc8ccccc8c7)c7ncccc7n6)c5c5ccccc45)c4ccccc4c32)cc1. The highest BCUT2D eigenvalue weighted by Crippen LogP contribution is 2.46. The minimum absolute atomic E-state index is 0.614. The van der Waals surface area contributed by atoms with Gasteiger partial charge in [0.2, 0.25) is 5.95 Å². The van der Waals surface area contributed by atoms with Crippen molar-refractivity contribution < 1.29 is 0 Å². The lowest BCUT2D eigenvalue weighted by molar-refractivity contribution is 1.01. The van der Waals surface area contributed by atoms with Gasteiger partial charge < -0.3 is 4.57 Å². The van der Waals surface area contributed by atoms with Crippen LogP contribution < -0.4 is 0 Å². The number of nitrogens with zero attached hydrogens (tertiary/aromatic N) is 5. The minimum Gasteiger partial charge on any atom is -0.309 e. The molecule has 13 rings (SSSR count). The quantitative estimate of drug-likeness (QED) is 0.179. The monoisotopic (exact) mass is 763 g/mol. The van der Waals surface area contributed by atoms with Crippen molar-refractivity contribution in [2.45, 2.75) is 0 Å². The number of rotatable bonds is 4. The molecule has 0 radical (unpaired) electrons. The van der Waals surface area contributed by atoms with Crippen LogP contribution >= 0.6 is 0 Å². The molecular formula is C55H33N5. The van der Waals surface area contributed by atoms with E-state index in [0.29, 0.717) is 5.95 Å². The van der Waals surface area contributed by atoms with E-state index in [1.807, 2.05) is 18.3 Å². The summed E-state index contributed by atoms with van der Waals surface area (Å²) in [5, 5.41) is 11.8. The highest BCUT2D eigenvalue weighted by atomic mass is 15.2. The molecule has 13 aromatic rings. The lowest BCUT2D eigenvalue weighted by atomic mass is 9.90. The Bertz CT molecular complexity index is 3900. The molecule has 0 saturated heterocycles. The van der Waals surface area contributed by atoms with Crippen molar-refractivity contribution in [1.29, 1.82) is 0 Å². The molecule has 4 aromatic heterocycles. The lowest BCUT2D eigenvalue weighted by Crippen LogP contribution is -2.04. The average Bonchev–Trinajstić information content (AvgIpc) is 3.84. The van der Waals surface area contributed by atoms with E-state index in [0.717, 1.165) is 60.6 Å². The number of benzene rings is 9. The number of aromatic nitrogens is 5. The van der Waals surface area contributed by atoms with Crippen LogP contribution in [0.1, 0.15) is 0 Å². The Balaban J connectivity index is 1.13. The summed E-state index contributed by atoms with van der Waals surface area (Å²) in [6.45, 7) is 0. The molecule has 0 amide bonds. The maximum Gasteiger partial charge on any atom is 0.235 e. The molecule has 9 aromatic carbocycles. The number of para-hydroxylation sites is 3. The van der Waals surface area contributed by atoms with Gasteiger partial charge >= 0.3 is 0 Å². The fourth-order valence-corrected chi connectivity index (χ4v) is 9.74. The lowest BCUT2D eigenvalue weighted by Gasteiger charge is -2.16. The topological polar surface area (TPSA) is 48.5 Å². The van der Waals surface area contributed by atoms with E-state index in [-0.39, 0.29) is 0 Å². The van der Waals surface area contributed by atoms with Crippen molar-refractivity contribution >= 4 is 87.0 Å². The van der Waals surface area contributed by atoms with Gasteiger partial charge in [-0.05, 0) is 87.3 Å². The van der Waals surface area contributed by atoms with Crippen LogP contribution in [0.15, 0.2) is 200 Å². The number of pyridine rings is 1. The van der Waals surface area contributed by atoms with Gasteiger partial charge in [-0.3, -0.25) is 9.55 Å². The zero-order valence-electron chi connectivity index (χ0n) is 32.3. The molecular weight excluding hydrogens is 731 g/mol. The molecule has 60 heavy (non-hydrogen) atoms. The Labute approximate surface area is 344 Å². The van der Waals surface area contributed by atoms with Crippen LogP contribution in [0.5, 0.6) is 0 Å². The standard InChI is InChI=1S/C55H33N5/c1-2-17-37(18-3-1)59-49-26-12-10-21-40(49)46-32-44(38-19-6-8-23-42(38)53(46)59)45-33-47-41-22-11-13-27-50(41)60(54(47)43-24-9-7-20-39(43)45)55-57-48-25-14-30-56-52(48)51(58-55)36-29-28-34-15-4-5-16-35(34)31-36/h1-33H. The third-order valence-corrected chi connectivity index (χ3v) is 12.3. The summed E-state index contributed by atoms with van der Waals surface area (Å²) in [6.07, 6.45) is 1.83. The molecule has 0 spiro atoms. The second-order valence-electron chi connectivity index (χ2n) is 15.6. The van der Waals surface area contributed by atoms with Crippen molar-refractivity contribution in [1.82, 2.24) is 24.1 Å². The summed E-state index contributed by atoms with van der Waals surface area (Å²) in [7, 11) is 0. The molecule has 0 atom stereocenters. The Morgan fingerprint density at radius 2 is 0.917 bits per heavy atom. The molecule has 0 aliphatic carbocycles. The van der Waals surface area contributed by atoms with Crippen LogP contribution in [-0.2, 0) is 0 Å².